The van der Waals surface area contributed by atoms with E-state index >= 15 is 0 Å². The Balaban J connectivity index is 2.05. The third-order valence-corrected chi connectivity index (χ3v) is 5.92. The first-order valence-corrected chi connectivity index (χ1v) is 11.4. The minimum Gasteiger partial charge on any atom is -0.493 e. The van der Waals surface area contributed by atoms with Crippen molar-refractivity contribution in [2.45, 2.75) is 64.6 Å². The zero-order chi connectivity index (χ0) is 22.9. The van der Waals surface area contributed by atoms with Crippen molar-refractivity contribution in [3.8, 4) is 34.5 Å². The Bertz CT molecular complexity index is 969. The molecular weight excluding hydrogens is 402 g/mol. The summed E-state index contributed by atoms with van der Waals surface area (Å²) in [5, 5.41) is 10.2. The highest BCUT2D eigenvalue weighted by molar-refractivity contribution is 5.88. The second kappa shape index (κ2) is 11.6. The number of carbonyl (C=O) groups is 1. The number of benzene rings is 2. The van der Waals surface area contributed by atoms with Gasteiger partial charge in [-0.1, -0.05) is 25.0 Å². The van der Waals surface area contributed by atoms with Gasteiger partial charge in [-0.3, -0.25) is 4.79 Å². The second-order valence-corrected chi connectivity index (χ2v) is 8.16. The number of aliphatic hydroxyl groups excluding tert-OH is 1. The summed E-state index contributed by atoms with van der Waals surface area (Å²) < 4.78 is 11.8. The van der Waals surface area contributed by atoms with E-state index in [2.05, 4.69) is 17.9 Å². The molecule has 5 nitrogen and oxygen atoms in total. The third-order valence-electron chi connectivity index (χ3n) is 5.92. The van der Waals surface area contributed by atoms with Gasteiger partial charge in [-0.05, 0) is 74.4 Å². The summed E-state index contributed by atoms with van der Waals surface area (Å²) >= 11 is 0. The van der Waals surface area contributed by atoms with E-state index in [9.17, 15) is 9.90 Å². The number of hydrogen-bond acceptors (Lipinski definition) is 4. The van der Waals surface area contributed by atoms with Crippen molar-refractivity contribution in [3.63, 3.8) is 0 Å². The van der Waals surface area contributed by atoms with Gasteiger partial charge in [-0.25, -0.2) is 0 Å². The number of anilines is 1. The fourth-order valence-corrected chi connectivity index (χ4v) is 4.04. The van der Waals surface area contributed by atoms with E-state index in [1.165, 1.54) is 12.8 Å². The summed E-state index contributed by atoms with van der Waals surface area (Å²) in [7, 11) is 1.65. The predicted molar refractivity (Wildman–Crippen MR) is 128 cm³/mol. The molecule has 0 saturated heterocycles. The van der Waals surface area contributed by atoms with Crippen LogP contribution in [0.4, 0.5) is 5.69 Å². The molecule has 0 heterocycles. The summed E-state index contributed by atoms with van der Waals surface area (Å²) in [6.07, 6.45) is 6.08. The lowest BCUT2D eigenvalue weighted by atomic mass is 9.98. The molecule has 0 spiro atoms. The monoisotopic (exact) mass is 435 g/mol. The van der Waals surface area contributed by atoms with E-state index < -0.39 is 6.10 Å². The zero-order valence-electron chi connectivity index (χ0n) is 19.3. The minimum atomic E-state index is -0.587. The molecule has 1 fully saturated rings. The Labute approximate surface area is 191 Å². The molecular formula is C27H33NO4. The van der Waals surface area contributed by atoms with E-state index in [-0.39, 0.29) is 12.6 Å². The van der Waals surface area contributed by atoms with Gasteiger partial charge in [-0.15, -0.1) is 5.92 Å². The first kappa shape index (κ1) is 23.7. The maximum Gasteiger partial charge on any atom is 0.214 e. The van der Waals surface area contributed by atoms with Gasteiger partial charge in [0.2, 0.25) is 6.41 Å². The normalized spacial score (nSPS) is 14.4. The second-order valence-electron chi connectivity index (χ2n) is 8.16. The van der Waals surface area contributed by atoms with Crippen molar-refractivity contribution in [3.05, 3.63) is 42.0 Å². The van der Waals surface area contributed by atoms with Gasteiger partial charge >= 0.3 is 0 Å². The first-order valence-electron chi connectivity index (χ1n) is 11.4. The molecule has 1 N–H and O–H groups in total. The Kier molecular flexibility index (Phi) is 8.58. The lowest BCUT2D eigenvalue weighted by Crippen LogP contribution is -2.31. The van der Waals surface area contributed by atoms with E-state index in [0.717, 1.165) is 41.6 Å². The van der Waals surface area contributed by atoms with Crippen LogP contribution in [-0.4, -0.2) is 37.4 Å². The summed E-state index contributed by atoms with van der Waals surface area (Å²) in [5.74, 6) is 7.46. The molecule has 0 bridgehead atoms. The van der Waals surface area contributed by atoms with Crippen molar-refractivity contribution >= 4 is 12.1 Å². The smallest absolute Gasteiger partial charge is 0.214 e. The molecule has 3 rings (SSSR count). The number of amides is 1. The van der Waals surface area contributed by atoms with Crippen LogP contribution in [0.15, 0.2) is 36.4 Å². The van der Waals surface area contributed by atoms with Gasteiger partial charge < -0.3 is 19.5 Å². The molecule has 1 saturated carbocycles. The van der Waals surface area contributed by atoms with E-state index in [1.54, 1.807) is 12.0 Å². The predicted octanol–water partition coefficient (Wildman–Crippen LogP) is 4.98. The molecule has 170 valence electrons. The maximum absolute atomic E-state index is 11.9. The van der Waals surface area contributed by atoms with Crippen LogP contribution >= 0.6 is 0 Å². The number of ether oxygens (including phenoxy) is 2. The molecule has 1 atom stereocenters. The van der Waals surface area contributed by atoms with Gasteiger partial charge in [0, 0.05) is 12.0 Å². The van der Waals surface area contributed by atoms with E-state index in [4.69, 9.17) is 9.47 Å². The highest BCUT2D eigenvalue weighted by Gasteiger charge is 2.21. The third kappa shape index (κ3) is 5.83. The number of hydrogen-bond donors (Lipinski definition) is 1. The molecule has 0 aromatic heterocycles. The molecule has 32 heavy (non-hydrogen) atoms. The number of methoxy groups -OCH3 is 1. The van der Waals surface area contributed by atoms with Crippen LogP contribution in [0, 0.1) is 11.8 Å². The standard InChI is InChI=1S/C27H33NO4/c1-4-6-9-20-12-14-25(28(19-29)18-22(30)5-2)24(16-20)21-13-15-26(31-3)27(17-21)32-23-10-7-8-11-23/h12-17,19,22-23,30H,5,7-11,18H2,1-3H3. The minimum absolute atomic E-state index is 0.205. The highest BCUT2D eigenvalue weighted by Crippen LogP contribution is 2.39. The number of carbonyl (C=O) groups excluding carboxylic acids is 1. The van der Waals surface area contributed by atoms with Crippen LogP contribution < -0.4 is 14.4 Å². The largest absolute Gasteiger partial charge is 0.493 e. The van der Waals surface area contributed by atoms with Crippen LogP contribution in [0.5, 0.6) is 11.5 Å². The number of aliphatic hydroxyl groups is 1. The zero-order valence-corrected chi connectivity index (χ0v) is 19.3. The Morgan fingerprint density at radius 2 is 1.97 bits per heavy atom. The summed E-state index contributed by atoms with van der Waals surface area (Å²) in [6.45, 7) is 3.96. The Morgan fingerprint density at radius 1 is 1.19 bits per heavy atom. The quantitative estimate of drug-likeness (QED) is 0.422. The maximum atomic E-state index is 11.9. The summed E-state index contributed by atoms with van der Waals surface area (Å²) in [4.78, 5) is 13.5. The fraction of sp³-hybridized carbons (Fsp3) is 0.444. The number of rotatable bonds is 10. The van der Waals surface area contributed by atoms with Crippen molar-refractivity contribution in [1.29, 1.82) is 0 Å². The van der Waals surface area contributed by atoms with Crippen LogP contribution in [0.3, 0.4) is 0 Å². The molecule has 1 aliphatic carbocycles. The molecule has 2 aromatic carbocycles. The van der Waals surface area contributed by atoms with E-state index in [1.807, 2.05) is 44.2 Å². The lowest BCUT2D eigenvalue weighted by Gasteiger charge is -2.24. The molecule has 1 aliphatic rings. The van der Waals surface area contributed by atoms with Crippen LogP contribution in [0.2, 0.25) is 0 Å². The molecule has 0 radical (unpaired) electrons. The van der Waals surface area contributed by atoms with Gasteiger partial charge in [0.15, 0.2) is 11.5 Å². The summed E-state index contributed by atoms with van der Waals surface area (Å²) in [6, 6.07) is 11.9. The molecule has 1 unspecified atom stereocenters. The Morgan fingerprint density at radius 3 is 2.62 bits per heavy atom. The lowest BCUT2D eigenvalue weighted by molar-refractivity contribution is -0.107. The van der Waals surface area contributed by atoms with Crippen molar-refractivity contribution in [2.24, 2.45) is 0 Å². The highest BCUT2D eigenvalue weighted by atomic mass is 16.5. The van der Waals surface area contributed by atoms with Gasteiger partial charge in [0.05, 0.1) is 31.5 Å². The Hall–Kier alpha value is -2.97. The molecule has 5 heteroatoms. The SMILES string of the molecule is CC#CCc1ccc(N(C=O)CC(O)CC)c(-c2ccc(OC)c(OC3CCCC3)c2)c1. The van der Waals surface area contributed by atoms with Crippen molar-refractivity contribution in [1.82, 2.24) is 0 Å². The van der Waals surface area contributed by atoms with Crippen LogP contribution in [-0.2, 0) is 11.2 Å². The number of nitrogens with zero attached hydrogens (tertiary/aromatic N) is 1. The van der Waals surface area contributed by atoms with E-state index in [0.29, 0.717) is 24.3 Å². The molecule has 2 aromatic rings. The van der Waals surface area contributed by atoms with Gasteiger partial charge in [0.1, 0.15) is 0 Å². The topological polar surface area (TPSA) is 59.0 Å². The molecule has 0 aliphatic heterocycles. The van der Waals surface area contributed by atoms with Crippen LogP contribution in [0.1, 0.15) is 51.5 Å². The molecule has 1 amide bonds. The fourth-order valence-electron chi connectivity index (χ4n) is 4.04. The van der Waals surface area contributed by atoms with Crippen molar-refractivity contribution in [2.75, 3.05) is 18.6 Å². The summed E-state index contributed by atoms with van der Waals surface area (Å²) in [5.41, 5.74) is 3.64. The first-order chi connectivity index (χ1) is 15.6. The average Bonchev–Trinajstić information content (AvgIpc) is 3.34. The van der Waals surface area contributed by atoms with Gasteiger partial charge in [-0.2, -0.15) is 0 Å². The van der Waals surface area contributed by atoms with Gasteiger partial charge in [0.25, 0.3) is 0 Å². The van der Waals surface area contributed by atoms with Crippen LogP contribution in [0.25, 0.3) is 11.1 Å². The van der Waals surface area contributed by atoms with Crippen molar-refractivity contribution < 1.29 is 19.4 Å². The average molecular weight is 436 g/mol.